The van der Waals surface area contributed by atoms with Gasteiger partial charge in [0.05, 0.1) is 7.11 Å². The molecular weight excluding hydrogens is 414 g/mol. The molecule has 0 heterocycles. The predicted molar refractivity (Wildman–Crippen MR) is 123 cm³/mol. The highest BCUT2D eigenvalue weighted by molar-refractivity contribution is 7.80. The van der Waals surface area contributed by atoms with Gasteiger partial charge >= 0.3 is 0 Å². The maximum absolute atomic E-state index is 12.1. The molecule has 0 spiro atoms. The lowest BCUT2D eigenvalue weighted by Crippen LogP contribution is -2.49. The van der Waals surface area contributed by atoms with Gasteiger partial charge in [-0.2, -0.15) is 0 Å². The zero-order chi connectivity index (χ0) is 22.1. The topological polar surface area (TPSA) is 88.7 Å². The second kappa shape index (κ2) is 10.7. The van der Waals surface area contributed by atoms with Crippen molar-refractivity contribution < 1.29 is 19.1 Å². The summed E-state index contributed by atoms with van der Waals surface area (Å²) in [6.45, 7) is -0.259. The summed E-state index contributed by atoms with van der Waals surface area (Å²) in [6.07, 6.45) is 3.09. The molecule has 0 aromatic heterocycles. The van der Waals surface area contributed by atoms with Crippen molar-refractivity contribution in [3.05, 3.63) is 78.4 Å². The summed E-state index contributed by atoms with van der Waals surface area (Å²) in [4.78, 5) is 24.0. The number of carbonyl (C=O) groups excluding carboxylic acids is 2. The van der Waals surface area contributed by atoms with Crippen LogP contribution in [0.2, 0.25) is 0 Å². The lowest BCUT2D eigenvalue weighted by atomic mass is 10.0. The quantitative estimate of drug-likeness (QED) is 0.313. The molecule has 158 valence electrons. The zero-order valence-corrected chi connectivity index (χ0v) is 17.6. The molecule has 0 aliphatic heterocycles. The summed E-state index contributed by atoms with van der Waals surface area (Å²) in [7, 11) is 1.51. The standard InChI is InChI=1S/C23H21N3O4S/c1-29-19-11-4-5-12-20(19)30-15-22(28)25-26-23(31)24-21(27)14-13-17-9-6-8-16-7-2-3-10-18(16)17/h2-14H,15H2,1H3,(H,25,28)(H2,24,26,27,31). The van der Waals surface area contributed by atoms with Crippen LogP contribution in [0.1, 0.15) is 5.56 Å². The van der Waals surface area contributed by atoms with Crippen LogP contribution in [0.4, 0.5) is 0 Å². The van der Waals surface area contributed by atoms with Gasteiger partial charge in [0.2, 0.25) is 5.91 Å². The SMILES string of the molecule is COc1ccccc1OCC(=O)NNC(=S)NC(=O)C=Cc1cccc2ccccc12. The fourth-order valence-electron chi connectivity index (χ4n) is 2.79. The lowest BCUT2D eigenvalue weighted by Gasteiger charge is -2.12. The number of nitrogens with one attached hydrogen (secondary N) is 3. The molecule has 0 atom stereocenters. The van der Waals surface area contributed by atoms with Crippen LogP contribution in [-0.4, -0.2) is 30.6 Å². The number of hydrazine groups is 1. The Morgan fingerprint density at radius 1 is 0.935 bits per heavy atom. The van der Waals surface area contributed by atoms with Crippen LogP contribution < -0.4 is 25.6 Å². The number of fused-ring (bicyclic) bond motifs is 1. The molecule has 8 heteroatoms. The first kappa shape index (κ1) is 21.8. The van der Waals surface area contributed by atoms with Crippen LogP contribution in [0, 0.1) is 0 Å². The molecular formula is C23H21N3O4S. The number of thiocarbonyl (C=S) groups is 1. The highest BCUT2D eigenvalue weighted by Crippen LogP contribution is 2.25. The van der Waals surface area contributed by atoms with Gasteiger partial charge in [-0.1, -0.05) is 54.6 Å². The van der Waals surface area contributed by atoms with Crippen LogP contribution in [0.25, 0.3) is 16.8 Å². The van der Waals surface area contributed by atoms with E-state index in [-0.39, 0.29) is 11.7 Å². The molecule has 3 aromatic rings. The maximum Gasteiger partial charge on any atom is 0.276 e. The molecule has 3 rings (SSSR count). The Kier molecular flexibility index (Phi) is 7.56. The van der Waals surface area contributed by atoms with Gasteiger partial charge in [-0.05, 0) is 46.8 Å². The van der Waals surface area contributed by atoms with E-state index >= 15 is 0 Å². The molecule has 0 fully saturated rings. The van der Waals surface area contributed by atoms with E-state index < -0.39 is 11.8 Å². The van der Waals surface area contributed by atoms with Crippen molar-refractivity contribution in [2.75, 3.05) is 13.7 Å². The number of ether oxygens (including phenoxy) is 2. The first-order chi connectivity index (χ1) is 15.1. The van der Waals surface area contributed by atoms with Crippen LogP contribution in [0.15, 0.2) is 72.8 Å². The van der Waals surface area contributed by atoms with E-state index in [0.717, 1.165) is 16.3 Å². The summed E-state index contributed by atoms with van der Waals surface area (Å²) in [6, 6.07) is 20.7. The first-order valence-electron chi connectivity index (χ1n) is 9.38. The minimum absolute atomic E-state index is 0.0433. The van der Waals surface area contributed by atoms with E-state index in [1.807, 2.05) is 42.5 Å². The van der Waals surface area contributed by atoms with Crippen molar-refractivity contribution in [3.8, 4) is 11.5 Å². The molecule has 2 amide bonds. The number of hydrogen-bond acceptors (Lipinski definition) is 5. The fraction of sp³-hybridized carbons (Fsp3) is 0.0870. The molecule has 0 unspecified atom stereocenters. The lowest BCUT2D eigenvalue weighted by molar-refractivity contribution is -0.123. The van der Waals surface area contributed by atoms with Crippen molar-refractivity contribution in [1.82, 2.24) is 16.2 Å². The zero-order valence-electron chi connectivity index (χ0n) is 16.8. The van der Waals surface area contributed by atoms with Crippen molar-refractivity contribution in [2.24, 2.45) is 0 Å². The van der Waals surface area contributed by atoms with Crippen molar-refractivity contribution in [2.45, 2.75) is 0 Å². The Morgan fingerprint density at radius 2 is 1.65 bits per heavy atom. The molecule has 31 heavy (non-hydrogen) atoms. The minimum Gasteiger partial charge on any atom is -0.493 e. The largest absolute Gasteiger partial charge is 0.493 e. The molecule has 3 N–H and O–H groups in total. The highest BCUT2D eigenvalue weighted by Gasteiger charge is 2.08. The third-order valence-corrected chi connectivity index (χ3v) is 4.42. The molecule has 0 aliphatic carbocycles. The molecule has 0 aliphatic rings. The molecule has 0 saturated carbocycles. The normalized spacial score (nSPS) is 10.5. The third kappa shape index (κ3) is 6.28. The second-order valence-corrected chi connectivity index (χ2v) is 6.74. The van der Waals surface area contributed by atoms with Crippen molar-refractivity contribution in [1.29, 1.82) is 0 Å². The van der Waals surface area contributed by atoms with Gasteiger partial charge in [-0.15, -0.1) is 0 Å². The maximum atomic E-state index is 12.1. The monoisotopic (exact) mass is 435 g/mol. The van der Waals surface area contributed by atoms with E-state index in [0.29, 0.717) is 11.5 Å². The van der Waals surface area contributed by atoms with Gasteiger partial charge in [0.25, 0.3) is 5.91 Å². The fourth-order valence-corrected chi connectivity index (χ4v) is 2.94. The Labute approximate surface area is 185 Å². The van der Waals surface area contributed by atoms with Crippen LogP contribution in [0.5, 0.6) is 11.5 Å². The predicted octanol–water partition coefficient (Wildman–Crippen LogP) is 2.96. The van der Waals surface area contributed by atoms with Crippen LogP contribution in [-0.2, 0) is 9.59 Å². The number of rotatable bonds is 6. The third-order valence-electron chi connectivity index (χ3n) is 4.22. The molecule has 3 aromatic carbocycles. The van der Waals surface area contributed by atoms with Gasteiger partial charge < -0.3 is 9.47 Å². The highest BCUT2D eigenvalue weighted by atomic mass is 32.1. The Balaban J connectivity index is 1.45. The van der Waals surface area contributed by atoms with Gasteiger partial charge in [-0.25, -0.2) is 0 Å². The van der Waals surface area contributed by atoms with Gasteiger partial charge in [-0.3, -0.25) is 25.8 Å². The van der Waals surface area contributed by atoms with Gasteiger partial charge in [0, 0.05) is 6.08 Å². The minimum atomic E-state index is -0.478. The Bertz CT molecular complexity index is 1130. The van der Waals surface area contributed by atoms with Gasteiger partial charge in [0.15, 0.2) is 23.2 Å². The molecule has 0 saturated heterocycles. The van der Waals surface area contributed by atoms with E-state index in [9.17, 15) is 9.59 Å². The number of methoxy groups -OCH3 is 1. The number of carbonyl (C=O) groups is 2. The van der Waals surface area contributed by atoms with Crippen LogP contribution >= 0.6 is 12.2 Å². The Morgan fingerprint density at radius 3 is 2.45 bits per heavy atom. The molecule has 7 nitrogen and oxygen atoms in total. The summed E-state index contributed by atoms with van der Waals surface area (Å²) in [5.41, 5.74) is 5.73. The smallest absolute Gasteiger partial charge is 0.276 e. The number of benzene rings is 3. The summed E-state index contributed by atoms with van der Waals surface area (Å²) in [5.74, 6) is 0.0531. The Hall–Kier alpha value is -3.91. The van der Waals surface area contributed by atoms with E-state index in [2.05, 4.69) is 16.2 Å². The number of hydrogen-bond donors (Lipinski definition) is 3. The second-order valence-electron chi connectivity index (χ2n) is 6.33. The van der Waals surface area contributed by atoms with Crippen molar-refractivity contribution in [3.63, 3.8) is 0 Å². The van der Waals surface area contributed by atoms with E-state index in [4.69, 9.17) is 21.7 Å². The van der Waals surface area contributed by atoms with Crippen LogP contribution in [0.3, 0.4) is 0 Å². The molecule has 0 bridgehead atoms. The average Bonchev–Trinajstić information content (AvgIpc) is 2.80. The summed E-state index contributed by atoms with van der Waals surface area (Å²) < 4.78 is 10.6. The van der Waals surface area contributed by atoms with Gasteiger partial charge in [0.1, 0.15) is 0 Å². The summed E-state index contributed by atoms with van der Waals surface area (Å²) >= 11 is 5.02. The first-order valence-corrected chi connectivity index (χ1v) is 9.79. The number of amides is 2. The van der Waals surface area contributed by atoms with Crippen molar-refractivity contribution >= 4 is 46.0 Å². The molecule has 0 radical (unpaired) electrons. The average molecular weight is 436 g/mol. The number of para-hydroxylation sites is 2. The van der Waals surface area contributed by atoms with E-state index in [1.54, 1.807) is 30.3 Å². The van der Waals surface area contributed by atoms with E-state index in [1.165, 1.54) is 13.2 Å². The summed E-state index contributed by atoms with van der Waals surface area (Å²) in [5, 5.41) is 4.54.